The van der Waals surface area contributed by atoms with Crippen LogP contribution >= 0.6 is 15.9 Å². The van der Waals surface area contributed by atoms with Crippen LogP contribution in [0.5, 0.6) is 5.75 Å². The Labute approximate surface area is 119 Å². The van der Waals surface area contributed by atoms with Crippen LogP contribution < -0.4 is 0 Å². The Kier molecular flexibility index (Phi) is 3.77. The molecule has 0 bridgehead atoms. The molecule has 0 amide bonds. The number of halogens is 1. The molecule has 1 fully saturated rings. The molecule has 2 heteroatoms. The van der Waals surface area contributed by atoms with Crippen LogP contribution in [0.15, 0.2) is 16.6 Å². The lowest BCUT2D eigenvalue weighted by molar-refractivity contribution is 0.168. The first-order valence-electron chi connectivity index (χ1n) is 6.77. The predicted octanol–water partition coefficient (Wildman–Crippen LogP) is 5.39. The largest absolute Gasteiger partial charge is 0.506 e. The summed E-state index contributed by atoms with van der Waals surface area (Å²) in [5.41, 5.74) is 2.77. The molecule has 2 atom stereocenters. The van der Waals surface area contributed by atoms with Crippen molar-refractivity contribution in [2.75, 3.05) is 0 Å². The molecule has 18 heavy (non-hydrogen) atoms. The number of aromatic hydroxyl groups is 1. The van der Waals surface area contributed by atoms with Gasteiger partial charge in [0.05, 0.1) is 4.47 Å². The van der Waals surface area contributed by atoms with Crippen LogP contribution in [-0.4, -0.2) is 5.11 Å². The van der Waals surface area contributed by atoms with Gasteiger partial charge in [-0.15, -0.1) is 0 Å². The van der Waals surface area contributed by atoms with E-state index in [1.807, 2.05) is 6.92 Å². The molecule has 1 aliphatic carbocycles. The molecule has 0 aromatic heterocycles. The van der Waals surface area contributed by atoms with E-state index in [0.29, 0.717) is 17.1 Å². The van der Waals surface area contributed by atoms with Gasteiger partial charge in [0.15, 0.2) is 0 Å². The van der Waals surface area contributed by atoms with E-state index < -0.39 is 0 Å². The maximum atomic E-state index is 9.84. The van der Waals surface area contributed by atoms with Crippen molar-refractivity contribution in [3.05, 3.63) is 27.7 Å². The molecule has 0 spiro atoms. The first-order valence-corrected chi connectivity index (χ1v) is 7.57. The molecule has 1 aromatic carbocycles. The standard InChI is InChI=1S/C16H23BrO/c1-10-5-13(9-16(3,4)8-10)12-6-11(2)15(18)14(17)7-12/h6-7,10,13,18H,5,8-9H2,1-4H3. The highest BCUT2D eigenvalue weighted by Crippen LogP contribution is 2.47. The van der Waals surface area contributed by atoms with Gasteiger partial charge in [0.25, 0.3) is 0 Å². The molecular formula is C16H23BrO. The number of phenolic OH excluding ortho intramolecular Hbond substituents is 1. The van der Waals surface area contributed by atoms with Crippen molar-refractivity contribution in [1.82, 2.24) is 0 Å². The lowest BCUT2D eigenvalue weighted by atomic mass is 9.66. The van der Waals surface area contributed by atoms with Gasteiger partial charge in [0.1, 0.15) is 5.75 Å². The number of aryl methyl sites for hydroxylation is 1. The smallest absolute Gasteiger partial charge is 0.132 e. The highest BCUT2D eigenvalue weighted by molar-refractivity contribution is 9.10. The van der Waals surface area contributed by atoms with Crippen LogP contribution in [0.25, 0.3) is 0 Å². The summed E-state index contributed by atoms with van der Waals surface area (Å²) >= 11 is 3.46. The van der Waals surface area contributed by atoms with Crippen LogP contribution in [-0.2, 0) is 0 Å². The fraction of sp³-hybridized carbons (Fsp3) is 0.625. The van der Waals surface area contributed by atoms with Crippen LogP contribution in [0.4, 0.5) is 0 Å². The van der Waals surface area contributed by atoms with Crippen molar-refractivity contribution in [3.63, 3.8) is 0 Å². The highest BCUT2D eigenvalue weighted by atomic mass is 79.9. The lowest BCUT2D eigenvalue weighted by Gasteiger charge is -2.39. The zero-order valence-corrected chi connectivity index (χ0v) is 13.3. The first-order chi connectivity index (χ1) is 8.28. The minimum Gasteiger partial charge on any atom is -0.506 e. The van der Waals surface area contributed by atoms with Crippen LogP contribution in [0.1, 0.15) is 57.1 Å². The summed E-state index contributed by atoms with van der Waals surface area (Å²) in [4.78, 5) is 0. The van der Waals surface area contributed by atoms with E-state index in [1.54, 1.807) is 0 Å². The Morgan fingerprint density at radius 1 is 1.28 bits per heavy atom. The summed E-state index contributed by atoms with van der Waals surface area (Å²) in [6.07, 6.45) is 3.83. The van der Waals surface area contributed by atoms with Crippen molar-refractivity contribution in [2.24, 2.45) is 11.3 Å². The third kappa shape index (κ3) is 2.90. The zero-order valence-electron chi connectivity index (χ0n) is 11.8. The zero-order chi connectivity index (χ0) is 13.5. The summed E-state index contributed by atoms with van der Waals surface area (Å²) < 4.78 is 0.827. The van der Waals surface area contributed by atoms with Crippen molar-refractivity contribution in [3.8, 4) is 5.75 Å². The number of hydrogen-bond donors (Lipinski definition) is 1. The van der Waals surface area contributed by atoms with Crippen molar-refractivity contribution in [2.45, 2.75) is 52.9 Å². The summed E-state index contributed by atoms with van der Waals surface area (Å²) in [6, 6.07) is 4.25. The molecule has 0 saturated heterocycles. The van der Waals surface area contributed by atoms with E-state index in [-0.39, 0.29) is 0 Å². The van der Waals surface area contributed by atoms with Gasteiger partial charge in [-0.05, 0) is 76.6 Å². The Bertz CT molecular complexity index is 427. The second-order valence-electron chi connectivity index (χ2n) is 6.78. The molecule has 0 heterocycles. The Hall–Kier alpha value is -0.500. The topological polar surface area (TPSA) is 20.2 Å². The average Bonchev–Trinajstić information content (AvgIpc) is 2.22. The van der Waals surface area contributed by atoms with Crippen LogP contribution in [0.2, 0.25) is 0 Å². The van der Waals surface area contributed by atoms with Crippen molar-refractivity contribution >= 4 is 15.9 Å². The number of benzene rings is 1. The highest BCUT2D eigenvalue weighted by Gasteiger charge is 2.32. The fourth-order valence-electron chi connectivity index (χ4n) is 3.60. The van der Waals surface area contributed by atoms with Gasteiger partial charge in [-0.3, -0.25) is 0 Å². The van der Waals surface area contributed by atoms with Gasteiger partial charge in [0, 0.05) is 0 Å². The van der Waals surface area contributed by atoms with Gasteiger partial charge in [0.2, 0.25) is 0 Å². The summed E-state index contributed by atoms with van der Waals surface area (Å²) in [6.45, 7) is 9.08. The maximum Gasteiger partial charge on any atom is 0.132 e. The molecule has 100 valence electrons. The molecule has 1 nitrogen and oxygen atoms in total. The van der Waals surface area contributed by atoms with Crippen LogP contribution in [0, 0.1) is 18.3 Å². The number of rotatable bonds is 1. The second kappa shape index (κ2) is 4.88. The fourth-order valence-corrected chi connectivity index (χ4v) is 4.18. The van der Waals surface area contributed by atoms with Gasteiger partial charge < -0.3 is 5.11 Å². The molecule has 2 unspecified atom stereocenters. The average molecular weight is 311 g/mol. The van der Waals surface area contributed by atoms with Crippen molar-refractivity contribution < 1.29 is 5.11 Å². The van der Waals surface area contributed by atoms with Gasteiger partial charge in [-0.1, -0.05) is 26.8 Å². The third-order valence-electron chi connectivity index (χ3n) is 4.13. The van der Waals surface area contributed by atoms with Crippen LogP contribution in [0.3, 0.4) is 0 Å². The molecular weight excluding hydrogens is 288 g/mol. The molecule has 0 radical (unpaired) electrons. The Morgan fingerprint density at radius 3 is 2.50 bits per heavy atom. The summed E-state index contributed by atoms with van der Waals surface area (Å²) in [5.74, 6) is 1.79. The summed E-state index contributed by atoms with van der Waals surface area (Å²) in [5, 5.41) is 9.84. The minimum atomic E-state index is 0.377. The monoisotopic (exact) mass is 310 g/mol. The third-order valence-corrected chi connectivity index (χ3v) is 4.74. The van der Waals surface area contributed by atoms with Crippen molar-refractivity contribution in [1.29, 1.82) is 0 Å². The van der Waals surface area contributed by atoms with E-state index in [1.165, 1.54) is 24.8 Å². The molecule has 1 aliphatic rings. The first kappa shape index (κ1) is 13.9. The molecule has 1 saturated carbocycles. The molecule has 0 aliphatic heterocycles. The number of hydrogen-bond acceptors (Lipinski definition) is 1. The van der Waals surface area contributed by atoms with E-state index in [2.05, 4.69) is 48.8 Å². The SMILES string of the molecule is Cc1cc(C2CC(C)CC(C)(C)C2)cc(Br)c1O. The van der Waals surface area contributed by atoms with E-state index in [0.717, 1.165) is 16.0 Å². The second-order valence-corrected chi connectivity index (χ2v) is 7.63. The lowest BCUT2D eigenvalue weighted by Crippen LogP contribution is -2.26. The molecule has 1 aromatic rings. The van der Waals surface area contributed by atoms with Gasteiger partial charge in [-0.25, -0.2) is 0 Å². The van der Waals surface area contributed by atoms with Gasteiger partial charge >= 0.3 is 0 Å². The minimum absolute atomic E-state index is 0.377. The Balaban J connectivity index is 2.31. The predicted molar refractivity (Wildman–Crippen MR) is 80.1 cm³/mol. The quantitative estimate of drug-likeness (QED) is 0.737. The Morgan fingerprint density at radius 2 is 1.94 bits per heavy atom. The normalized spacial score (nSPS) is 27.2. The molecule has 2 rings (SSSR count). The maximum absolute atomic E-state index is 9.84. The van der Waals surface area contributed by atoms with E-state index in [9.17, 15) is 5.11 Å². The number of phenols is 1. The van der Waals surface area contributed by atoms with E-state index in [4.69, 9.17) is 0 Å². The molecule has 1 N–H and O–H groups in total. The summed E-state index contributed by atoms with van der Waals surface area (Å²) in [7, 11) is 0. The van der Waals surface area contributed by atoms with Gasteiger partial charge in [-0.2, -0.15) is 0 Å². The van der Waals surface area contributed by atoms with E-state index >= 15 is 0 Å².